The van der Waals surface area contributed by atoms with Crippen LogP contribution >= 0.6 is 23.2 Å². The molecule has 2 heterocycles. The lowest BCUT2D eigenvalue weighted by Gasteiger charge is -2.12. The number of amides is 1. The Hall–Kier alpha value is -2.89. The number of pyridine rings is 1. The molecule has 146 valence electrons. The minimum atomic E-state index is -0.138. The van der Waals surface area contributed by atoms with E-state index in [-0.39, 0.29) is 5.91 Å². The van der Waals surface area contributed by atoms with E-state index >= 15 is 0 Å². The first-order valence-electron chi connectivity index (χ1n) is 9.21. The third kappa shape index (κ3) is 4.42. The summed E-state index contributed by atoms with van der Waals surface area (Å²) < 4.78 is 1.98. The molecule has 0 aliphatic heterocycles. The molecular weight excluding hydrogens is 407 g/mol. The van der Waals surface area contributed by atoms with Gasteiger partial charge >= 0.3 is 0 Å². The summed E-state index contributed by atoms with van der Waals surface area (Å²) in [6.07, 6.45) is 6.22. The summed E-state index contributed by atoms with van der Waals surface area (Å²) in [4.78, 5) is 21.6. The molecule has 0 bridgehead atoms. The molecule has 1 N–H and O–H groups in total. The Labute approximate surface area is 178 Å². The van der Waals surface area contributed by atoms with E-state index in [9.17, 15) is 4.79 Å². The Balaban J connectivity index is 1.61. The Kier molecular flexibility index (Phi) is 5.79. The summed E-state index contributed by atoms with van der Waals surface area (Å²) in [7, 11) is 0. The predicted molar refractivity (Wildman–Crippen MR) is 116 cm³/mol. The van der Waals surface area contributed by atoms with E-state index in [1.54, 1.807) is 30.7 Å². The summed E-state index contributed by atoms with van der Waals surface area (Å²) in [6, 6.07) is 14.6. The zero-order valence-corrected chi connectivity index (χ0v) is 17.0. The van der Waals surface area contributed by atoms with Gasteiger partial charge in [0.2, 0.25) is 0 Å². The lowest BCUT2D eigenvalue weighted by Crippen LogP contribution is -2.25. The fraction of sp³-hybridized carbons (Fsp3) is 0.136. The summed E-state index contributed by atoms with van der Waals surface area (Å²) in [5.74, 6) is -0.138. The van der Waals surface area contributed by atoms with Crippen molar-refractivity contribution in [1.29, 1.82) is 0 Å². The van der Waals surface area contributed by atoms with Crippen molar-refractivity contribution >= 4 is 40.0 Å². The van der Waals surface area contributed by atoms with Crippen LogP contribution in [0.1, 0.15) is 16.8 Å². The Morgan fingerprint density at radius 2 is 1.97 bits per heavy atom. The first-order valence-corrected chi connectivity index (χ1v) is 9.96. The molecule has 7 heteroatoms. The van der Waals surface area contributed by atoms with Crippen molar-refractivity contribution in [2.75, 3.05) is 6.54 Å². The van der Waals surface area contributed by atoms with E-state index in [2.05, 4.69) is 10.3 Å². The first-order chi connectivity index (χ1) is 14.1. The lowest BCUT2D eigenvalue weighted by molar-refractivity contribution is 0.0954. The zero-order valence-electron chi connectivity index (χ0n) is 15.5. The van der Waals surface area contributed by atoms with Crippen LogP contribution in [-0.4, -0.2) is 27.0 Å². The first kappa shape index (κ1) is 19.4. The largest absolute Gasteiger partial charge is 0.352 e. The maximum absolute atomic E-state index is 12.9. The quantitative estimate of drug-likeness (QED) is 0.431. The number of aryl methyl sites for hydroxylation is 1. The number of hydrogen-bond donors (Lipinski definition) is 1. The normalized spacial score (nSPS) is 11.0. The highest BCUT2D eigenvalue weighted by Crippen LogP contribution is 2.31. The Morgan fingerprint density at radius 3 is 2.76 bits per heavy atom. The van der Waals surface area contributed by atoms with Crippen LogP contribution in [0.15, 0.2) is 67.3 Å². The van der Waals surface area contributed by atoms with Gasteiger partial charge in [0.1, 0.15) is 0 Å². The molecule has 5 nitrogen and oxygen atoms in total. The number of nitrogens with one attached hydrogen (secondary N) is 1. The lowest BCUT2D eigenvalue weighted by atomic mass is 10.0. The van der Waals surface area contributed by atoms with Gasteiger partial charge in [-0.3, -0.25) is 4.79 Å². The van der Waals surface area contributed by atoms with Crippen LogP contribution in [0.5, 0.6) is 0 Å². The van der Waals surface area contributed by atoms with E-state index < -0.39 is 0 Å². The van der Waals surface area contributed by atoms with E-state index in [4.69, 9.17) is 28.2 Å². The van der Waals surface area contributed by atoms with Crippen molar-refractivity contribution in [3.05, 3.63) is 82.9 Å². The molecular formula is C22H18Cl2N4O. The molecule has 0 saturated carbocycles. The number of carbonyl (C=O) groups excluding carboxylic acids is 1. The summed E-state index contributed by atoms with van der Waals surface area (Å²) >= 11 is 12.4. The van der Waals surface area contributed by atoms with E-state index in [0.29, 0.717) is 27.8 Å². The molecule has 1 amide bonds. The maximum Gasteiger partial charge on any atom is 0.252 e. The second-order valence-electron chi connectivity index (χ2n) is 6.61. The third-order valence-electron chi connectivity index (χ3n) is 4.61. The van der Waals surface area contributed by atoms with Gasteiger partial charge in [0, 0.05) is 41.5 Å². The topological polar surface area (TPSA) is 59.8 Å². The van der Waals surface area contributed by atoms with Crippen LogP contribution in [0, 0.1) is 0 Å². The average Bonchev–Trinajstić information content (AvgIpc) is 3.24. The highest BCUT2D eigenvalue weighted by molar-refractivity contribution is 6.36. The second kappa shape index (κ2) is 8.64. The highest BCUT2D eigenvalue weighted by atomic mass is 35.5. The molecule has 0 radical (unpaired) electrons. The fourth-order valence-electron chi connectivity index (χ4n) is 3.18. The van der Waals surface area contributed by atoms with Crippen molar-refractivity contribution in [2.45, 2.75) is 13.0 Å². The van der Waals surface area contributed by atoms with Crippen molar-refractivity contribution in [3.63, 3.8) is 0 Å². The summed E-state index contributed by atoms with van der Waals surface area (Å²) in [6.45, 7) is 1.35. The number of hydrogen-bond acceptors (Lipinski definition) is 3. The smallest absolute Gasteiger partial charge is 0.252 e. The van der Waals surface area contributed by atoms with Gasteiger partial charge in [0.05, 0.1) is 28.1 Å². The number of benzene rings is 2. The Morgan fingerprint density at radius 1 is 1.10 bits per heavy atom. The zero-order chi connectivity index (χ0) is 20.2. The SMILES string of the molecule is O=C(NCCCn1ccnc1)c1cc(-c2ccc(Cl)cc2Cl)nc2ccccc12. The third-order valence-corrected chi connectivity index (χ3v) is 5.15. The van der Waals surface area contributed by atoms with Gasteiger partial charge in [-0.05, 0) is 36.8 Å². The minimum Gasteiger partial charge on any atom is -0.352 e. The molecule has 2 aromatic heterocycles. The van der Waals surface area contributed by atoms with Crippen molar-refractivity contribution in [2.24, 2.45) is 0 Å². The van der Waals surface area contributed by atoms with Crippen LogP contribution < -0.4 is 5.32 Å². The number of halogens is 2. The molecule has 2 aromatic carbocycles. The van der Waals surface area contributed by atoms with Crippen LogP contribution in [0.25, 0.3) is 22.2 Å². The number of fused-ring (bicyclic) bond motifs is 1. The van der Waals surface area contributed by atoms with Crippen molar-refractivity contribution < 1.29 is 4.79 Å². The molecule has 0 atom stereocenters. The van der Waals surface area contributed by atoms with Crippen LogP contribution in [0.4, 0.5) is 0 Å². The van der Waals surface area contributed by atoms with Gasteiger partial charge in [0.15, 0.2) is 0 Å². The number of aromatic nitrogens is 3. The maximum atomic E-state index is 12.9. The number of rotatable bonds is 6. The van der Waals surface area contributed by atoms with Crippen LogP contribution in [0.2, 0.25) is 10.0 Å². The average molecular weight is 425 g/mol. The number of carbonyl (C=O) groups is 1. The number of para-hydroxylation sites is 1. The molecule has 29 heavy (non-hydrogen) atoms. The van der Waals surface area contributed by atoms with Crippen molar-refractivity contribution in [1.82, 2.24) is 19.9 Å². The molecule has 0 saturated heterocycles. The fourth-order valence-corrected chi connectivity index (χ4v) is 3.68. The summed E-state index contributed by atoms with van der Waals surface area (Å²) in [5, 5.41) is 4.84. The molecule has 4 aromatic rings. The number of nitrogens with zero attached hydrogens (tertiary/aromatic N) is 3. The molecule has 0 aliphatic rings. The van der Waals surface area contributed by atoms with Crippen LogP contribution in [0.3, 0.4) is 0 Å². The van der Waals surface area contributed by atoms with Gasteiger partial charge in [-0.2, -0.15) is 0 Å². The van der Waals surface area contributed by atoms with E-state index in [0.717, 1.165) is 29.4 Å². The van der Waals surface area contributed by atoms with E-state index in [1.165, 1.54) is 0 Å². The second-order valence-corrected chi connectivity index (χ2v) is 7.45. The monoisotopic (exact) mass is 424 g/mol. The molecule has 0 unspecified atom stereocenters. The van der Waals surface area contributed by atoms with Crippen LogP contribution in [-0.2, 0) is 6.54 Å². The Bertz CT molecular complexity index is 1160. The molecule has 4 rings (SSSR count). The molecule has 0 spiro atoms. The van der Waals surface area contributed by atoms with Gasteiger partial charge in [-0.15, -0.1) is 0 Å². The van der Waals surface area contributed by atoms with Gasteiger partial charge in [-0.25, -0.2) is 9.97 Å². The molecule has 0 fully saturated rings. The van der Waals surface area contributed by atoms with Crippen molar-refractivity contribution in [3.8, 4) is 11.3 Å². The van der Waals surface area contributed by atoms with E-state index in [1.807, 2.05) is 41.1 Å². The predicted octanol–water partition coefficient (Wildman–Crippen LogP) is 5.23. The highest BCUT2D eigenvalue weighted by Gasteiger charge is 2.15. The minimum absolute atomic E-state index is 0.138. The number of imidazole rings is 1. The standard InChI is InChI=1S/C22H18Cl2N4O/c23-15-6-7-17(19(24)12-15)21-13-18(16-4-1-2-5-20(16)27-21)22(29)26-8-3-10-28-11-9-25-14-28/h1-2,4-7,9,11-14H,3,8,10H2,(H,26,29). The van der Waals surface area contributed by atoms with Gasteiger partial charge in [-0.1, -0.05) is 41.4 Å². The van der Waals surface area contributed by atoms with Gasteiger partial charge < -0.3 is 9.88 Å². The van der Waals surface area contributed by atoms with Gasteiger partial charge in [0.25, 0.3) is 5.91 Å². The molecule has 0 aliphatic carbocycles. The summed E-state index contributed by atoms with van der Waals surface area (Å²) in [5.41, 5.74) is 2.67.